The summed E-state index contributed by atoms with van der Waals surface area (Å²) in [5.74, 6) is 2.49. The van der Waals surface area contributed by atoms with Crippen LogP contribution in [0.25, 0.3) is 0 Å². The monoisotopic (exact) mass is 424 g/mol. The lowest BCUT2D eigenvalue weighted by Gasteiger charge is -2.32. The Balaban J connectivity index is 1.88. The van der Waals surface area contributed by atoms with Gasteiger partial charge in [-0.15, -0.1) is 0 Å². The number of nitriles is 1. The van der Waals surface area contributed by atoms with Gasteiger partial charge >= 0.3 is 0 Å². The van der Waals surface area contributed by atoms with E-state index in [1.54, 1.807) is 21.3 Å². The molecule has 1 atom stereocenters. The van der Waals surface area contributed by atoms with Crippen molar-refractivity contribution in [2.24, 2.45) is 5.92 Å². The molecule has 2 aromatic rings. The summed E-state index contributed by atoms with van der Waals surface area (Å²) < 4.78 is 16.1. The van der Waals surface area contributed by atoms with Crippen LogP contribution in [0.15, 0.2) is 42.5 Å². The van der Waals surface area contributed by atoms with Crippen LogP contribution in [0, 0.1) is 17.2 Å². The summed E-state index contributed by atoms with van der Waals surface area (Å²) in [6.07, 6.45) is 3.82. The first-order valence-corrected chi connectivity index (χ1v) is 11.0. The smallest absolute Gasteiger partial charge is 0.122 e. The maximum absolute atomic E-state index is 10.2. The highest BCUT2D eigenvalue weighted by Gasteiger charge is 2.36. The summed E-state index contributed by atoms with van der Waals surface area (Å²) >= 11 is 0. The summed E-state index contributed by atoms with van der Waals surface area (Å²) in [6.45, 7) is 6.06. The van der Waals surface area contributed by atoms with Crippen molar-refractivity contribution in [2.45, 2.75) is 44.9 Å². The Morgan fingerprint density at radius 3 is 1.97 bits per heavy atom. The predicted octanol–water partition coefficient (Wildman–Crippen LogP) is 5.13. The van der Waals surface area contributed by atoms with Gasteiger partial charge in [-0.25, -0.2) is 0 Å². The van der Waals surface area contributed by atoms with Crippen molar-refractivity contribution in [3.05, 3.63) is 53.6 Å². The first-order valence-electron chi connectivity index (χ1n) is 11.0. The van der Waals surface area contributed by atoms with Gasteiger partial charge in [0.1, 0.15) is 17.2 Å². The van der Waals surface area contributed by atoms with E-state index in [4.69, 9.17) is 14.2 Å². The molecule has 0 radical (unpaired) electrons. The number of hydrogen-bond acceptors (Lipinski definition) is 5. The third-order valence-corrected chi connectivity index (χ3v) is 5.95. The summed E-state index contributed by atoms with van der Waals surface area (Å²) in [5, 5.41) is 13.7. The van der Waals surface area contributed by atoms with Gasteiger partial charge in [-0.05, 0) is 80.1 Å². The minimum absolute atomic E-state index is 0.171. The highest BCUT2D eigenvalue weighted by atomic mass is 16.5. The molecular formula is C26H36N2O3. The van der Waals surface area contributed by atoms with Gasteiger partial charge in [-0.2, -0.15) is 5.26 Å². The molecule has 31 heavy (non-hydrogen) atoms. The normalized spacial score (nSPS) is 12.8. The van der Waals surface area contributed by atoms with Crippen LogP contribution in [-0.2, 0) is 11.8 Å². The minimum Gasteiger partial charge on any atom is -0.497 e. The third-order valence-electron chi connectivity index (χ3n) is 5.95. The van der Waals surface area contributed by atoms with Crippen LogP contribution >= 0.6 is 0 Å². The molecule has 0 fully saturated rings. The van der Waals surface area contributed by atoms with Crippen molar-refractivity contribution in [3.63, 3.8) is 0 Å². The molecule has 168 valence electrons. The number of methoxy groups -OCH3 is 3. The Morgan fingerprint density at radius 2 is 1.45 bits per heavy atom. The van der Waals surface area contributed by atoms with E-state index in [2.05, 4.69) is 37.4 Å². The largest absolute Gasteiger partial charge is 0.497 e. The van der Waals surface area contributed by atoms with Crippen LogP contribution in [0.3, 0.4) is 0 Å². The zero-order valence-electron chi connectivity index (χ0n) is 19.5. The van der Waals surface area contributed by atoms with Crippen molar-refractivity contribution >= 4 is 0 Å². The molecule has 0 saturated carbocycles. The molecule has 0 bridgehead atoms. The van der Waals surface area contributed by atoms with Crippen molar-refractivity contribution in [1.82, 2.24) is 5.32 Å². The number of aryl methyl sites for hydroxylation is 1. The van der Waals surface area contributed by atoms with Crippen molar-refractivity contribution < 1.29 is 14.2 Å². The fraction of sp³-hybridized carbons (Fsp3) is 0.500. The Morgan fingerprint density at radius 1 is 0.871 bits per heavy atom. The lowest BCUT2D eigenvalue weighted by atomic mass is 9.69. The second kappa shape index (κ2) is 12.2. The fourth-order valence-electron chi connectivity index (χ4n) is 3.91. The number of ether oxygens (including phenoxy) is 3. The van der Waals surface area contributed by atoms with Gasteiger partial charge in [0, 0.05) is 6.07 Å². The molecule has 0 aliphatic carbocycles. The van der Waals surface area contributed by atoms with Crippen LogP contribution in [-0.4, -0.2) is 34.4 Å². The van der Waals surface area contributed by atoms with Crippen LogP contribution in [0.5, 0.6) is 17.2 Å². The summed E-state index contributed by atoms with van der Waals surface area (Å²) in [7, 11) is 4.96. The Hall–Kier alpha value is -2.71. The number of benzene rings is 2. The number of rotatable bonds is 13. The maximum Gasteiger partial charge on any atom is 0.122 e. The molecule has 0 aliphatic rings. The van der Waals surface area contributed by atoms with E-state index in [9.17, 15) is 5.26 Å². The van der Waals surface area contributed by atoms with Crippen LogP contribution in [0.4, 0.5) is 0 Å². The average molecular weight is 425 g/mol. The average Bonchev–Trinajstić information content (AvgIpc) is 2.80. The van der Waals surface area contributed by atoms with Crippen LogP contribution < -0.4 is 19.5 Å². The summed E-state index contributed by atoms with van der Waals surface area (Å²) in [6, 6.07) is 16.6. The first kappa shape index (κ1) is 24.6. The van der Waals surface area contributed by atoms with Gasteiger partial charge in [-0.3, -0.25) is 0 Å². The zero-order chi connectivity index (χ0) is 22.7. The second-order valence-corrected chi connectivity index (χ2v) is 8.14. The molecule has 5 heteroatoms. The summed E-state index contributed by atoms with van der Waals surface area (Å²) in [5.41, 5.74) is 1.70. The Bertz CT molecular complexity index is 820. The molecule has 0 aliphatic heterocycles. The van der Waals surface area contributed by atoms with E-state index < -0.39 is 5.41 Å². The van der Waals surface area contributed by atoms with E-state index >= 15 is 0 Å². The number of nitrogens with zero attached hydrogens (tertiary/aromatic N) is 1. The maximum atomic E-state index is 10.2. The van der Waals surface area contributed by atoms with Gasteiger partial charge in [0.2, 0.25) is 0 Å². The molecular weight excluding hydrogens is 388 g/mol. The molecule has 1 unspecified atom stereocenters. The predicted molar refractivity (Wildman–Crippen MR) is 125 cm³/mol. The quantitative estimate of drug-likeness (QED) is 0.452. The minimum atomic E-state index is -0.577. The molecule has 2 aromatic carbocycles. The van der Waals surface area contributed by atoms with E-state index in [0.29, 0.717) is 11.5 Å². The van der Waals surface area contributed by atoms with Crippen LogP contribution in [0.1, 0.15) is 44.2 Å². The standard InChI is InChI=1S/C26H36N2O3/c1-20(2)26(19-27,22-16-24(30-4)18-25(17-22)31-5)13-7-15-28-14-6-8-21-9-11-23(29-3)12-10-21/h9-12,16-18,20,28H,6-8,13-15H2,1-5H3. The molecule has 1 N–H and O–H groups in total. The SMILES string of the molecule is COc1ccc(CCCNCCCC(C#N)(c2cc(OC)cc(OC)c2)C(C)C)cc1. The highest BCUT2D eigenvalue weighted by Crippen LogP contribution is 2.39. The van der Waals surface area contributed by atoms with Crippen molar-refractivity contribution in [1.29, 1.82) is 5.26 Å². The molecule has 0 spiro atoms. The Labute approximate surface area is 187 Å². The van der Waals surface area contributed by atoms with Gasteiger partial charge in [0.05, 0.1) is 32.8 Å². The number of hydrogen-bond donors (Lipinski definition) is 1. The molecule has 0 amide bonds. The van der Waals surface area contributed by atoms with Gasteiger partial charge in [0.15, 0.2) is 0 Å². The van der Waals surface area contributed by atoms with Gasteiger partial charge < -0.3 is 19.5 Å². The summed E-state index contributed by atoms with van der Waals surface area (Å²) in [4.78, 5) is 0. The molecule has 5 nitrogen and oxygen atoms in total. The molecule has 0 aromatic heterocycles. The molecule has 0 saturated heterocycles. The first-order chi connectivity index (χ1) is 15.0. The topological polar surface area (TPSA) is 63.5 Å². The Kier molecular flexibility index (Phi) is 9.68. The third kappa shape index (κ3) is 6.63. The van der Waals surface area contributed by atoms with E-state index in [1.165, 1.54) is 5.56 Å². The van der Waals surface area contributed by atoms with Crippen molar-refractivity contribution in [2.75, 3.05) is 34.4 Å². The van der Waals surface area contributed by atoms with Gasteiger partial charge in [0.25, 0.3) is 0 Å². The molecule has 2 rings (SSSR count). The molecule has 0 heterocycles. The van der Waals surface area contributed by atoms with E-state index in [-0.39, 0.29) is 5.92 Å². The van der Waals surface area contributed by atoms with Gasteiger partial charge in [-0.1, -0.05) is 26.0 Å². The highest BCUT2D eigenvalue weighted by molar-refractivity contribution is 5.45. The van der Waals surface area contributed by atoms with E-state index in [0.717, 1.165) is 50.1 Å². The fourth-order valence-corrected chi connectivity index (χ4v) is 3.91. The second-order valence-electron chi connectivity index (χ2n) is 8.14. The lowest BCUT2D eigenvalue weighted by molar-refractivity contribution is 0.348. The number of nitrogens with one attached hydrogen (secondary N) is 1. The lowest BCUT2D eigenvalue weighted by Crippen LogP contribution is -2.32. The van der Waals surface area contributed by atoms with Crippen LogP contribution in [0.2, 0.25) is 0 Å². The van der Waals surface area contributed by atoms with Crippen molar-refractivity contribution in [3.8, 4) is 23.3 Å². The zero-order valence-corrected chi connectivity index (χ0v) is 19.5. The van der Waals surface area contributed by atoms with E-state index in [1.807, 2.05) is 30.3 Å².